The van der Waals surface area contributed by atoms with Crippen LogP contribution in [0.1, 0.15) is 52.4 Å². The van der Waals surface area contributed by atoms with E-state index in [1.54, 1.807) is 30.2 Å². The van der Waals surface area contributed by atoms with E-state index >= 15 is 0 Å². The Bertz CT molecular complexity index is 816. The highest BCUT2D eigenvalue weighted by atomic mass is 16.2. The number of hydrogen-bond acceptors (Lipinski definition) is 5. The molecule has 2 aromatic heterocycles. The monoisotopic (exact) mass is 354 g/mol. The molecule has 3 atom stereocenters. The SMILES string of the molecule is Cc1cnc(C(=O)NC2C[C@H]3CC[C@@H](C2)N3C(=O)c2ccnn2C)cn1. The van der Waals surface area contributed by atoms with Crippen molar-refractivity contribution < 1.29 is 9.59 Å². The van der Waals surface area contributed by atoms with Gasteiger partial charge in [-0.2, -0.15) is 5.10 Å². The van der Waals surface area contributed by atoms with Crippen LogP contribution < -0.4 is 5.32 Å². The molecule has 1 N–H and O–H groups in total. The molecule has 2 amide bonds. The van der Waals surface area contributed by atoms with Crippen LogP contribution >= 0.6 is 0 Å². The fourth-order valence-corrected chi connectivity index (χ4v) is 4.11. The summed E-state index contributed by atoms with van der Waals surface area (Å²) in [7, 11) is 1.78. The van der Waals surface area contributed by atoms with E-state index in [0.29, 0.717) is 11.4 Å². The number of aryl methyl sites for hydroxylation is 2. The van der Waals surface area contributed by atoms with Gasteiger partial charge in [0.2, 0.25) is 0 Å². The van der Waals surface area contributed by atoms with Gasteiger partial charge in [-0.15, -0.1) is 0 Å². The Morgan fingerprint density at radius 2 is 1.88 bits per heavy atom. The molecule has 2 aliphatic heterocycles. The van der Waals surface area contributed by atoms with Crippen molar-refractivity contribution in [1.29, 1.82) is 0 Å². The molecular weight excluding hydrogens is 332 g/mol. The predicted octanol–water partition coefficient (Wildman–Crippen LogP) is 1.08. The summed E-state index contributed by atoms with van der Waals surface area (Å²) in [6, 6.07) is 2.13. The normalized spacial score (nSPS) is 24.5. The average molecular weight is 354 g/mol. The molecule has 136 valence electrons. The van der Waals surface area contributed by atoms with Crippen LogP contribution in [0.4, 0.5) is 0 Å². The van der Waals surface area contributed by atoms with Crippen molar-refractivity contribution in [3.05, 3.63) is 41.7 Å². The summed E-state index contributed by atoms with van der Waals surface area (Å²) >= 11 is 0. The summed E-state index contributed by atoms with van der Waals surface area (Å²) in [6.07, 6.45) is 8.23. The van der Waals surface area contributed by atoms with E-state index in [0.717, 1.165) is 31.4 Å². The lowest BCUT2D eigenvalue weighted by molar-refractivity contribution is 0.0538. The first-order valence-electron chi connectivity index (χ1n) is 8.93. The fraction of sp³-hybridized carbons (Fsp3) is 0.500. The zero-order valence-electron chi connectivity index (χ0n) is 14.9. The van der Waals surface area contributed by atoms with Crippen LogP contribution in [0, 0.1) is 6.92 Å². The molecule has 0 saturated carbocycles. The number of carbonyl (C=O) groups is 2. The van der Waals surface area contributed by atoms with Gasteiger partial charge >= 0.3 is 0 Å². The third kappa shape index (κ3) is 2.95. The number of aromatic nitrogens is 4. The molecule has 26 heavy (non-hydrogen) atoms. The standard InChI is InChI=1S/C18H22N6O2/c1-11-9-20-15(10-19-11)17(25)22-12-7-13-3-4-14(8-12)24(13)18(26)16-5-6-21-23(16)2/h5-6,9-10,12-14H,3-4,7-8H2,1-2H3,(H,22,25)/t12?,13-,14+. The molecule has 8 heteroatoms. The van der Waals surface area contributed by atoms with Gasteiger partial charge in [0, 0.05) is 37.6 Å². The first-order valence-corrected chi connectivity index (χ1v) is 8.93. The van der Waals surface area contributed by atoms with Crippen LogP contribution in [0.25, 0.3) is 0 Å². The van der Waals surface area contributed by atoms with E-state index in [-0.39, 0.29) is 29.9 Å². The lowest BCUT2D eigenvalue weighted by atomic mass is 9.96. The maximum Gasteiger partial charge on any atom is 0.272 e. The Hall–Kier alpha value is -2.77. The largest absolute Gasteiger partial charge is 0.348 e. The lowest BCUT2D eigenvalue weighted by Gasteiger charge is -2.39. The number of fused-ring (bicyclic) bond motifs is 2. The summed E-state index contributed by atoms with van der Waals surface area (Å²) in [4.78, 5) is 35.5. The smallest absolute Gasteiger partial charge is 0.272 e. The van der Waals surface area contributed by atoms with Gasteiger partial charge in [-0.25, -0.2) is 4.98 Å². The number of amides is 2. The molecule has 1 unspecified atom stereocenters. The number of rotatable bonds is 3. The summed E-state index contributed by atoms with van der Waals surface area (Å²) < 4.78 is 1.62. The molecular formula is C18H22N6O2. The highest BCUT2D eigenvalue weighted by Gasteiger charge is 2.44. The van der Waals surface area contributed by atoms with Gasteiger partial charge in [-0.3, -0.25) is 19.3 Å². The van der Waals surface area contributed by atoms with Gasteiger partial charge in [0.25, 0.3) is 11.8 Å². The fourth-order valence-electron chi connectivity index (χ4n) is 4.11. The van der Waals surface area contributed by atoms with Crippen molar-refractivity contribution in [3.8, 4) is 0 Å². The van der Waals surface area contributed by atoms with E-state index in [2.05, 4.69) is 20.4 Å². The molecule has 0 spiro atoms. The number of nitrogens with one attached hydrogen (secondary N) is 1. The molecule has 8 nitrogen and oxygen atoms in total. The van der Waals surface area contributed by atoms with E-state index in [1.165, 1.54) is 6.20 Å². The molecule has 4 heterocycles. The molecule has 4 rings (SSSR count). The number of piperidine rings is 1. The van der Waals surface area contributed by atoms with E-state index < -0.39 is 0 Å². The number of nitrogens with zero attached hydrogens (tertiary/aromatic N) is 5. The maximum absolute atomic E-state index is 12.9. The maximum atomic E-state index is 12.9. The molecule has 0 radical (unpaired) electrons. The molecule has 0 aromatic carbocycles. The highest BCUT2D eigenvalue weighted by molar-refractivity contribution is 5.93. The zero-order chi connectivity index (χ0) is 18.3. The van der Waals surface area contributed by atoms with Crippen molar-refractivity contribution in [2.45, 2.75) is 50.7 Å². The first-order chi connectivity index (χ1) is 12.5. The summed E-state index contributed by atoms with van der Waals surface area (Å²) in [5, 5.41) is 7.16. The minimum Gasteiger partial charge on any atom is -0.348 e. The van der Waals surface area contributed by atoms with Gasteiger partial charge in [0.05, 0.1) is 11.9 Å². The quantitative estimate of drug-likeness (QED) is 0.890. The Morgan fingerprint density at radius 3 is 2.46 bits per heavy atom. The second kappa shape index (κ2) is 6.51. The lowest BCUT2D eigenvalue weighted by Crippen LogP contribution is -2.52. The Balaban J connectivity index is 1.43. The van der Waals surface area contributed by atoms with Crippen molar-refractivity contribution >= 4 is 11.8 Å². The molecule has 2 saturated heterocycles. The van der Waals surface area contributed by atoms with Gasteiger partial charge in [-0.1, -0.05) is 0 Å². The van der Waals surface area contributed by atoms with Gasteiger partial charge in [-0.05, 0) is 38.7 Å². The average Bonchev–Trinajstić information content (AvgIpc) is 3.16. The number of carbonyl (C=O) groups excluding carboxylic acids is 2. The van der Waals surface area contributed by atoms with Crippen LogP contribution in [0.15, 0.2) is 24.7 Å². The highest BCUT2D eigenvalue weighted by Crippen LogP contribution is 2.36. The second-order valence-electron chi connectivity index (χ2n) is 7.12. The topological polar surface area (TPSA) is 93.0 Å². The van der Waals surface area contributed by atoms with Crippen LogP contribution in [-0.2, 0) is 7.05 Å². The first kappa shape index (κ1) is 16.7. The third-order valence-corrected chi connectivity index (χ3v) is 5.36. The Kier molecular flexibility index (Phi) is 4.18. The van der Waals surface area contributed by atoms with Crippen molar-refractivity contribution in [2.75, 3.05) is 0 Å². The summed E-state index contributed by atoms with van der Waals surface area (Å²) in [5.74, 6) is -0.167. The molecule has 2 aromatic rings. The van der Waals surface area contributed by atoms with Crippen molar-refractivity contribution in [2.24, 2.45) is 7.05 Å². The van der Waals surface area contributed by atoms with E-state index in [4.69, 9.17) is 0 Å². The van der Waals surface area contributed by atoms with Crippen molar-refractivity contribution in [1.82, 2.24) is 30.0 Å². The molecule has 2 bridgehead atoms. The molecule has 2 fully saturated rings. The predicted molar refractivity (Wildman–Crippen MR) is 93.4 cm³/mol. The van der Waals surface area contributed by atoms with Crippen LogP contribution in [0.3, 0.4) is 0 Å². The van der Waals surface area contributed by atoms with Crippen LogP contribution in [0.2, 0.25) is 0 Å². The molecule has 0 aliphatic carbocycles. The molecule has 2 aliphatic rings. The second-order valence-corrected chi connectivity index (χ2v) is 7.12. The van der Waals surface area contributed by atoms with Gasteiger partial charge < -0.3 is 10.2 Å². The van der Waals surface area contributed by atoms with Gasteiger partial charge in [0.15, 0.2) is 0 Å². The van der Waals surface area contributed by atoms with E-state index in [1.807, 2.05) is 11.8 Å². The summed E-state index contributed by atoms with van der Waals surface area (Å²) in [6.45, 7) is 1.83. The van der Waals surface area contributed by atoms with E-state index in [9.17, 15) is 9.59 Å². The van der Waals surface area contributed by atoms with Crippen LogP contribution in [-0.4, -0.2) is 54.6 Å². The zero-order valence-corrected chi connectivity index (χ0v) is 14.9. The van der Waals surface area contributed by atoms with Crippen LogP contribution in [0.5, 0.6) is 0 Å². The Labute approximate surface area is 151 Å². The van der Waals surface area contributed by atoms with Crippen molar-refractivity contribution in [3.63, 3.8) is 0 Å². The third-order valence-electron chi connectivity index (χ3n) is 5.36. The number of hydrogen-bond donors (Lipinski definition) is 1. The summed E-state index contributed by atoms with van der Waals surface area (Å²) in [5.41, 5.74) is 1.72. The Morgan fingerprint density at radius 1 is 1.15 bits per heavy atom. The minimum atomic E-state index is -0.201. The minimum absolute atomic E-state index is 0.0340. The van der Waals surface area contributed by atoms with Gasteiger partial charge in [0.1, 0.15) is 11.4 Å².